The van der Waals surface area contributed by atoms with Gasteiger partial charge in [-0.1, -0.05) is 23.7 Å². The highest BCUT2D eigenvalue weighted by atomic mass is 35.5. The van der Waals surface area contributed by atoms with Crippen LogP contribution in [0.15, 0.2) is 27.7 Å². The van der Waals surface area contributed by atoms with E-state index in [1.807, 2.05) is 19.9 Å². The molecule has 0 aliphatic carbocycles. The molecule has 1 aromatic carbocycles. The minimum atomic E-state index is 0.295. The molecule has 0 saturated carbocycles. The molecule has 0 fully saturated rings. The Bertz CT molecular complexity index is 682. The number of rotatable bonds is 5. The van der Waals surface area contributed by atoms with Crippen LogP contribution in [-0.2, 0) is 13.0 Å². The first kappa shape index (κ1) is 16.2. The summed E-state index contributed by atoms with van der Waals surface area (Å²) in [6, 6.07) is 5.30. The summed E-state index contributed by atoms with van der Waals surface area (Å²) in [6.07, 6.45) is 0.795. The van der Waals surface area contributed by atoms with Crippen molar-refractivity contribution < 1.29 is 9.26 Å². The summed E-state index contributed by atoms with van der Waals surface area (Å²) in [5.41, 5.74) is 8.52. The van der Waals surface area contributed by atoms with Crippen LogP contribution in [-0.4, -0.2) is 18.2 Å². The molecule has 0 aliphatic rings. The average Bonchev–Trinajstić information content (AvgIpc) is 2.85. The van der Waals surface area contributed by atoms with E-state index in [9.17, 15) is 0 Å². The van der Waals surface area contributed by atoms with Gasteiger partial charge in [-0.15, -0.1) is 0 Å². The molecule has 6 nitrogen and oxygen atoms in total. The van der Waals surface area contributed by atoms with Crippen molar-refractivity contribution in [2.24, 2.45) is 10.7 Å². The maximum absolute atomic E-state index is 6.07. The largest absolute Gasteiger partial charge is 0.495 e. The summed E-state index contributed by atoms with van der Waals surface area (Å²) < 4.78 is 10.3. The van der Waals surface area contributed by atoms with Gasteiger partial charge in [-0.05, 0) is 31.5 Å². The van der Waals surface area contributed by atoms with Gasteiger partial charge in [-0.25, -0.2) is 4.99 Å². The number of hydrogen-bond acceptors (Lipinski definition) is 4. The Labute approximate surface area is 134 Å². The fourth-order valence-corrected chi connectivity index (χ4v) is 2.27. The number of nitrogens with one attached hydrogen (secondary N) is 1. The van der Waals surface area contributed by atoms with E-state index in [1.165, 1.54) is 0 Å². The molecule has 1 aromatic heterocycles. The van der Waals surface area contributed by atoms with E-state index in [1.54, 1.807) is 19.2 Å². The molecule has 0 amide bonds. The van der Waals surface area contributed by atoms with Crippen LogP contribution >= 0.6 is 11.6 Å². The highest BCUT2D eigenvalue weighted by Crippen LogP contribution is 2.27. The number of nitrogens with zero attached hydrogens (tertiary/aromatic N) is 2. The average molecular weight is 323 g/mol. The highest BCUT2D eigenvalue weighted by Gasteiger charge is 2.10. The molecule has 0 radical (unpaired) electrons. The number of guanidine groups is 1. The predicted molar refractivity (Wildman–Crippen MR) is 87.6 cm³/mol. The van der Waals surface area contributed by atoms with E-state index in [2.05, 4.69) is 15.5 Å². The lowest BCUT2D eigenvalue weighted by atomic mass is 10.1. The number of nitrogens with two attached hydrogens (primary N) is 1. The molecule has 3 N–H and O–H groups in total. The summed E-state index contributed by atoms with van der Waals surface area (Å²) in [6.45, 7) is 4.30. The highest BCUT2D eigenvalue weighted by molar-refractivity contribution is 6.32. The number of aliphatic imine (C=N–C) groups is 1. The van der Waals surface area contributed by atoms with Crippen molar-refractivity contribution in [2.75, 3.05) is 12.4 Å². The number of ether oxygens (including phenoxy) is 1. The molecule has 2 rings (SSSR count). The number of aromatic nitrogens is 1. The van der Waals surface area contributed by atoms with Crippen LogP contribution < -0.4 is 15.8 Å². The summed E-state index contributed by atoms with van der Waals surface area (Å²) in [5.74, 6) is 1.67. The Morgan fingerprint density at radius 1 is 1.50 bits per heavy atom. The number of anilines is 1. The summed E-state index contributed by atoms with van der Waals surface area (Å²) in [5, 5.41) is 7.48. The van der Waals surface area contributed by atoms with Crippen molar-refractivity contribution in [2.45, 2.75) is 26.8 Å². The van der Waals surface area contributed by atoms with Gasteiger partial charge in [0.05, 0.1) is 24.4 Å². The normalized spacial score (nSPS) is 11.5. The monoisotopic (exact) mass is 322 g/mol. The molecule has 0 saturated heterocycles. The van der Waals surface area contributed by atoms with E-state index >= 15 is 0 Å². The topological polar surface area (TPSA) is 85.7 Å². The van der Waals surface area contributed by atoms with Crippen molar-refractivity contribution in [3.8, 4) is 5.75 Å². The van der Waals surface area contributed by atoms with Crippen LogP contribution in [0.2, 0.25) is 5.02 Å². The first-order valence-corrected chi connectivity index (χ1v) is 7.27. The first-order valence-electron chi connectivity index (χ1n) is 6.89. The number of halogens is 1. The molecule has 0 bridgehead atoms. The molecule has 2 aromatic rings. The van der Waals surface area contributed by atoms with Crippen molar-refractivity contribution in [3.63, 3.8) is 0 Å². The zero-order valence-corrected chi connectivity index (χ0v) is 13.6. The molecule has 0 aliphatic heterocycles. The second-order valence-electron chi connectivity index (χ2n) is 4.69. The summed E-state index contributed by atoms with van der Waals surface area (Å²) >= 11 is 6.07. The Hall–Kier alpha value is -2.21. The van der Waals surface area contributed by atoms with Gasteiger partial charge in [-0.3, -0.25) is 0 Å². The molecule has 0 unspecified atom stereocenters. The predicted octanol–water partition coefficient (Wildman–Crippen LogP) is 3.13. The fourth-order valence-electron chi connectivity index (χ4n) is 2.01. The van der Waals surface area contributed by atoms with E-state index in [-0.39, 0.29) is 0 Å². The minimum Gasteiger partial charge on any atom is -0.495 e. The first-order chi connectivity index (χ1) is 10.5. The zero-order chi connectivity index (χ0) is 16.1. The van der Waals surface area contributed by atoms with Crippen molar-refractivity contribution in [3.05, 3.63) is 40.2 Å². The standard InChI is InChI=1S/C15H19ClN4O2/c1-4-13-11(9(2)22-20-13)8-18-15(17)19-10-5-6-14(21-3)12(16)7-10/h5-7H,4,8H2,1-3H3,(H3,17,18,19). The smallest absolute Gasteiger partial charge is 0.193 e. The van der Waals surface area contributed by atoms with Gasteiger partial charge in [0.25, 0.3) is 0 Å². The van der Waals surface area contributed by atoms with E-state index in [4.69, 9.17) is 26.6 Å². The molecular formula is C15H19ClN4O2. The van der Waals surface area contributed by atoms with Gasteiger partial charge < -0.3 is 20.3 Å². The van der Waals surface area contributed by atoms with Crippen molar-refractivity contribution >= 4 is 23.2 Å². The van der Waals surface area contributed by atoms with Gasteiger partial charge in [0.2, 0.25) is 0 Å². The number of hydrogen-bond donors (Lipinski definition) is 2. The molecule has 7 heteroatoms. The maximum Gasteiger partial charge on any atom is 0.193 e. The second-order valence-corrected chi connectivity index (χ2v) is 5.10. The molecule has 0 atom stereocenters. The molecule has 0 spiro atoms. The van der Waals surface area contributed by atoms with E-state index in [0.717, 1.165) is 29.1 Å². The summed E-state index contributed by atoms with van der Waals surface area (Å²) in [7, 11) is 1.57. The van der Waals surface area contributed by atoms with Gasteiger partial charge in [0.1, 0.15) is 11.5 Å². The van der Waals surface area contributed by atoms with Crippen LogP contribution in [0.5, 0.6) is 5.75 Å². The third-order valence-corrected chi connectivity index (χ3v) is 3.53. The summed E-state index contributed by atoms with van der Waals surface area (Å²) in [4.78, 5) is 4.31. The Morgan fingerprint density at radius 2 is 2.27 bits per heavy atom. The van der Waals surface area contributed by atoms with Gasteiger partial charge in [0, 0.05) is 11.3 Å². The Kier molecular flexibility index (Phi) is 5.27. The SMILES string of the molecule is CCc1noc(C)c1CN=C(N)Nc1ccc(OC)c(Cl)c1. The Morgan fingerprint density at radius 3 is 2.91 bits per heavy atom. The Balaban J connectivity index is 2.07. The van der Waals surface area contributed by atoms with Gasteiger partial charge in [0.15, 0.2) is 5.96 Å². The van der Waals surface area contributed by atoms with Crippen LogP contribution in [0.3, 0.4) is 0 Å². The number of aryl methyl sites for hydroxylation is 2. The lowest BCUT2D eigenvalue weighted by Gasteiger charge is -2.08. The minimum absolute atomic E-state index is 0.295. The molecule has 22 heavy (non-hydrogen) atoms. The number of benzene rings is 1. The quantitative estimate of drug-likeness (QED) is 0.652. The third kappa shape index (κ3) is 3.71. The van der Waals surface area contributed by atoms with Crippen LogP contribution in [0.4, 0.5) is 5.69 Å². The van der Waals surface area contributed by atoms with Crippen LogP contribution in [0.25, 0.3) is 0 Å². The number of methoxy groups -OCH3 is 1. The molecule has 118 valence electrons. The van der Waals surface area contributed by atoms with E-state index in [0.29, 0.717) is 23.3 Å². The fraction of sp³-hybridized carbons (Fsp3) is 0.333. The maximum atomic E-state index is 6.07. The van der Waals surface area contributed by atoms with Crippen molar-refractivity contribution in [1.29, 1.82) is 0 Å². The zero-order valence-electron chi connectivity index (χ0n) is 12.8. The third-order valence-electron chi connectivity index (χ3n) is 3.23. The van der Waals surface area contributed by atoms with Crippen LogP contribution in [0, 0.1) is 6.92 Å². The lowest BCUT2D eigenvalue weighted by Crippen LogP contribution is -2.22. The van der Waals surface area contributed by atoms with Crippen LogP contribution in [0.1, 0.15) is 23.9 Å². The van der Waals surface area contributed by atoms with Gasteiger partial charge in [-0.2, -0.15) is 0 Å². The lowest BCUT2D eigenvalue weighted by molar-refractivity contribution is 0.390. The van der Waals surface area contributed by atoms with Gasteiger partial charge >= 0.3 is 0 Å². The van der Waals surface area contributed by atoms with E-state index < -0.39 is 0 Å². The molecule has 1 heterocycles. The molecular weight excluding hydrogens is 304 g/mol. The second kappa shape index (κ2) is 7.17. The van der Waals surface area contributed by atoms with Crippen molar-refractivity contribution in [1.82, 2.24) is 5.16 Å².